The van der Waals surface area contributed by atoms with Crippen LogP contribution >= 0.6 is 0 Å². The Hall–Kier alpha value is -3.42. The maximum atomic E-state index is 12.7. The molecule has 0 aliphatic rings. The van der Waals surface area contributed by atoms with Gasteiger partial charge in [0, 0.05) is 12.2 Å². The van der Waals surface area contributed by atoms with Gasteiger partial charge in [0.15, 0.2) is 6.10 Å². The molecular weight excluding hydrogens is 372 g/mol. The molecular formula is C21H24N4O4. The Labute approximate surface area is 168 Å². The zero-order chi connectivity index (χ0) is 21.0. The molecule has 0 aliphatic carbocycles. The predicted octanol–water partition coefficient (Wildman–Crippen LogP) is 3.28. The zero-order valence-corrected chi connectivity index (χ0v) is 16.9. The molecule has 3 aromatic rings. The minimum absolute atomic E-state index is 0.207. The van der Waals surface area contributed by atoms with Crippen LogP contribution in [-0.4, -0.2) is 40.1 Å². The highest BCUT2D eigenvalue weighted by molar-refractivity contribution is 5.98. The van der Waals surface area contributed by atoms with Crippen LogP contribution in [0.5, 0.6) is 5.75 Å². The molecule has 0 unspecified atom stereocenters. The van der Waals surface area contributed by atoms with E-state index in [4.69, 9.17) is 9.47 Å². The summed E-state index contributed by atoms with van der Waals surface area (Å²) < 4.78 is 12.4. The third-order valence-electron chi connectivity index (χ3n) is 4.50. The monoisotopic (exact) mass is 396 g/mol. The number of esters is 1. The Morgan fingerprint density at radius 2 is 1.86 bits per heavy atom. The average Bonchev–Trinajstić information content (AvgIpc) is 3.14. The predicted molar refractivity (Wildman–Crippen MR) is 109 cm³/mol. The summed E-state index contributed by atoms with van der Waals surface area (Å²) in [6.07, 6.45) is -0.938. The number of hydrogen-bond donors (Lipinski definition) is 1. The second-order valence-electron chi connectivity index (χ2n) is 6.90. The molecule has 0 saturated carbocycles. The first-order valence-corrected chi connectivity index (χ1v) is 9.42. The summed E-state index contributed by atoms with van der Waals surface area (Å²) in [5.41, 5.74) is 2.35. The maximum Gasteiger partial charge on any atom is 0.339 e. The molecule has 152 valence electrons. The molecule has 1 aromatic heterocycles. The topological polar surface area (TPSA) is 95.3 Å². The number of amides is 1. The van der Waals surface area contributed by atoms with Crippen LogP contribution in [-0.2, 0) is 16.1 Å². The van der Waals surface area contributed by atoms with Crippen molar-refractivity contribution in [3.05, 3.63) is 48.0 Å². The van der Waals surface area contributed by atoms with Gasteiger partial charge in [-0.2, -0.15) is 0 Å². The number of carbonyl (C=O) groups is 2. The quantitative estimate of drug-likeness (QED) is 0.616. The standard InChI is InChI=1S/C21H24N4O4/c1-5-25-18-11-6-14(12-17(18)23-24-25)21(27)29-19(13(2)3)20(26)22-15-7-9-16(28-4)10-8-15/h6-13,19H,5H2,1-4H3,(H,22,26)/t19-/m0/s1. The molecule has 0 aliphatic heterocycles. The summed E-state index contributed by atoms with van der Waals surface area (Å²) in [6.45, 7) is 6.29. The largest absolute Gasteiger partial charge is 0.497 e. The molecule has 29 heavy (non-hydrogen) atoms. The van der Waals surface area contributed by atoms with E-state index in [-0.39, 0.29) is 5.92 Å². The van der Waals surface area contributed by atoms with Gasteiger partial charge in [-0.25, -0.2) is 9.48 Å². The number of rotatable bonds is 7. The molecule has 0 fully saturated rings. The van der Waals surface area contributed by atoms with Gasteiger partial charge in [0.05, 0.1) is 18.2 Å². The smallest absolute Gasteiger partial charge is 0.339 e. The third-order valence-corrected chi connectivity index (χ3v) is 4.50. The Balaban J connectivity index is 1.73. The van der Waals surface area contributed by atoms with Crippen LogP contribution in [0.25, 0.3) is 11.0 Å². The van der Waals surface area contributed by atoms with Gasteiger partial charge in [-0.3, -0.25) is 4.79 Å². The molecule has 0 radical (unpaired) electrons. The van der Waals surface area contributed by atoms with Crippen molar-refractivity contribution in [2.24, 2.45) is 5.92 Å². The van der Waals surface area contributed by atoms with Crippen LogP contribution in [0.2, 0.25) is 0 Å². The molecule has 8 nitrogen and oxygen atoms in total. The molecule has 0 spiro atoms. The molecule has 0 saturated heterocycles. The maximum absolute atomic E-state index is 12.7. The summed E-state index contributed by atoms with van der Waals surface area (Å²) in [5, 5.41) is 10.9. The fourth-order valence-corrected chi connectivity index (χ4v) is 2.90. The highest BCUT2D eigenvalue weighted by Gasteiger charge is 2.27. The van der Waals surface area contributed by atoms with E-state index < -0.39 is 18.0 Å². The number of carbonyl (C=O) groups excluding carboxylic acids is 2. The molecule has 8 heteroatoms. The van der Waals surface area contributed by atoms with Gasteiger partial charge in [-0.1, -0.05) is 19.1 Å². The van der Waals surface area contributed by atoms with E-state index in [0.717, 1.165) is 5.52 Å². The average molecular weight is 396 g/mol. The first-order chi connectivity index (χ1) is 13.9. The van der Waals surface area contributed by atoms with E-state index in [1.807, 2.05) is 20.8 Å². The minimum Gasteiger partial charge on any atom is -0.497 e. The van der Waals surface area contributed by atoms with Crippen molar-refractivity contribution in [2.75, 3.05) is 12.4 Å². The van der Waals surface area contributed by atoms with Crippen molar-refractivity contribution in [1.29, 1.82) is 0 Å². The number of ether oxygens (including phenoxy) is 2. The van der Waals surface area contributed by atoms with Crippen LogP contribution < -0.4 is 10.1 Å². The molecule has 2 aromatic carbocycles. The van der Waals surface area contributed by atoms with E-state index >= 15 is 0 Å². The van der Waals surface area contributed by atoms with Crippen molar-refractivity contribution in [1.82, 2.24) is 15.0 Å². The summed E-state index contributed by atoms with van der Waals surface area (Å²) in [4.78, 5) is 25.3. The lowest BCUT2D eigenvalue weighted by atomic mass is 10.1. The fourth-order valence-electron chi connectivity index (χ4n) is 2.90. The SMILES string of the molecule is CCn1nnc2cc(C(=O)O[C@H](C(=O)Nc3ccc(OC)cc3)C(C)C)ccc21. The Morgan fingerprint density at radius 3 is 2.48 bits per heavy atom. The van der Waals surface area contributed by atoms with Crippen molar-refractivity contribution in [2.45, 2.75) is 33.4 Å². The van der Waals surface area contributed by atoms with Crippen LogP contribution in [0.3, 0.4) is 0 Å². The number of methoxy groups -OCH3 is 1. The van der Waals surface area contributed by atoms with Gasteiger partial charge in [0.2, 0.25) is 0 Å². The summed E-state index contributed by atoms with van der Waals surface area (Å²) in [6, 6.07) is 12.0. The van der Waals surface area contributed by atoms with Gasteiger partial charge < -0.3 is 14.8 Å². The van der Waals surface area contributed by atoms with Gasteiger partial charge in [0.25, 0.3) is 5.91 Å². The second kappa shape index (κ2) is 8.72. The van der Waals surface area contributed by atoms with E-state index in [1.165, 1.54) is 0 Å². The first kappa shape index (κ1) is 20.3. The number of anilines is 1. The van der Waals surface area contributed by atoms with E-state index in [1.54, 1.807) is 54.3 Å². The lowest BCUT2D eigenvalue weighted by molar-refractivity contribution is -0.126. The Bertz CT molecular complexity index is 1010. The Kier molecular flexibility index (Phi) is 6.11. The third kappa shape index (κ3) is 4.53. The molecule has 3 rings (SSSR count). The minimum atomic E-state index is -0.938. The first-order valence-electron chi connectivity index (χ1n) is 9.42. The molecule has 0 bridgehead atoms. The van der Waals surface area contributed by atoms with Crippen LogP contribution in [0.1, 0.15) is 31.1 Å². The van der Waals surface area contributed by atoms with E-state index in [0.29, 0.717) is 29.1 Å². The van der Waals surface area contributed by atoms with E-state index in [9.17, 15) is 9.59 Å². The normalized spacial score (nSPS) is 12.0. The molecule has 1 N–H and O–H groups in total. The lowest BCUT2D eigenvalue weighted by Crippen LogP contribution is -2.36. The second-order valence-corrected chi connectivity index (χ2v) is 6.90. The number of aryl methyl sites for hydroxylation is 1. The van der Waals surface area contributed by atoms with Crippen molar-refractivity contribution >= 4 is 28.6 Å². The number of nitrogens with zero attached hydrogens (tertiary/aromatic N) is 3. The highest BCUT2D eigenvalue weighted by atomic mass is 16.5. The van der Waals surface area contributed by atoms with Gasteiger partial charge in [-0.05, 0) is 55.3 Å². The fraction of sp³-hybridized carbons (Fsp3) is 0.333. The van der Waals surface area contributed by atoms with Gasteiger partial charge in [0.1, 0.15) is 11.3 Å². The number of fused-ring (bicyclic) bond motifs is 1. The van der Waals surface area contributed by atoms with Crippen LogP contribution in [0.4, 0.5) is 5.69 Å². The van der Waals surface area contributed by atoms with Crippen molar-refractivity contribution < 1.29 is 19.1 Å². The van der Waals surface area contributed by atoms with Gasteiger partial charge in [-0.15, -0.1) is 5.10 Å². The zero-order valence-electron chi connectivity index (χ0n) is 16.9. The molecule has 1 heterocycles. The number of aromatic nitrogens is 3. The molecule has 1 atom stereocenters. The van der Waals surface area contributed by atoms with Crippen LogP contribution in [0.15, 0.2) is 42.5 Å². The van der Waals surface area contributed by atoms with Gasteiger partial charge >= 0.3 is 5.97 Å². The molecule has 1 amide bonds. The summed E-state index contributed by atoms with van der Waals surface area (Å²) in [5.74, 6) is -0.495. The number of nitrogens with one attached hydrogen (secondary N) is 1. The van der Waals surface area contributed by atoms with Crippen molar-refractivity contribution in [3.8, 4) is 5.75 Å². The summed E-state index contributed by atoms with van der Waals surface area (Å²) >= 11 is 0. The summed E-state index contributed by atoms with van der Waals surface area (Å²) in [7, 11) is 1.57. The number of benzene rings is 2. The highest BCUT2D eigenvalue weighted by Crippen LogP contribution is 2.19. The van der Waals surface area contributed by atoms with Crippen LogP contribution in [0, 0.1) is 5.92 Å². The van der Waals surface area contributed by atoms with Crippen molar-refractivity contribution in [3.63, 3.8) is 0 Å². The van der Waals surface area contributed by atoms with E-state index in [2.05, 4.69) is 15.6 Å². The number of hydrogen-bond acceptors (Lipinski definition) is 6. The Morgan fingerprint density at radius 1 is 1.14 bits per heavy atom. The lowest BCUT2D eigenvalue weighted by Gasteiger charge is -2.21.